The monoisotopic (exact) mass is 335 g/mol. The Morgan fingerprint density at radius 2 is 1.87 bits per heavy atom. The average Bonchev–Trinajstić information content (AvgIpc) is 2.92. The van der Waals surface area contributed by atoms with Crippen molar-refractivity contribution in [2.75, 3.05) is 13.6 Å². The number of rotatable bonds is 6. The van der Waals surface area contributed by atoms with Gasteiger partial charge in [-0.2, -0.15) is 0 Å². The number of benzene rings is 1. The van der Waals surface area contributed by atoms with Gasteiger partial charge in [0.05, 0.1) is 17.1 Å². The van der Waals surface area contributed by atoms with Gasteiger partial charge in [0.1, 0.15) is 0 Å². The van der Waals surface area contributed by atoms with Gasteiger partial charge in [-0.1, -0.05) is 12.1 Å². The summed E-state index contributed by atoms with van der Waals surface area (Å²) in [5.74, 6) is 0.0352. The summed E-state index contributed by atoms with van der Waals surface area (Å²) in [5, 5.41) is 5.09. The zero-order valence-electron chi connectivity index (χ0n) is 13.4. The quantitative estimate of drug-likeness (QED) is 0.812. The molecule has 0 aliphatic carbocycles. The Hall–Kier alpha value is -1.96. The predicted molar refractivity (Wildman–Crippen MR) is 88.6 cm³/mol. The van der Waals surface area contributed by atoms with E-state index in [4.69, 9.17) is 5.14 Å². The van der Waals surface area contributed by atoms with Crippen LogP contribution < -0.4 is 5.14 Å². The van der Waals surface area contributed by atoms with Crippen LogP contribution in [0.1, 0.15) is 29.0 Å². The molecule has 1 heterocycles. The molecule has 2 N–H and O–H groups in total. The van der Waals surface area contributed by atoms with Crippen LogP contribution in [-0.4, -0.2) is 37.3 Å². The third-order valence-corrected chi connectivity index (χ3v) is 4.90. The van der Waals surface area contributed by atoms with Crippen molar-refractivity contribution in [2.45, 2.75) is 17.9 Å². The zero-order chi connectivity index (χ0) is 17.2. The van der Waals surface area contributed by atoms with Crippen LogP contribution >= 0.6 is 0 Å². The smallest absolute Gasteiger partial charge is 0.238 e. The van der Waals surface area contributed by atoms with Crippen molar-refractivity contribution in [3.8, 4) is 0 Å². The highest BCUT2D eigenvalue weighted by atomic mass is 32.2. The number of aromatic nitrogens is 1. The van der Waals surface area contributed by atoms with Crippen LogP contribution in [0.5, 0.6) is 0 Å². The molecule has 0 saturated carbocycles. The van der Waals surface area contributed by atoms with Gasteiger partial charge in [-0.05, 0) is 43.8 Å². The van der Waals surface area contributed by atoms with Gasteiger partial charge in [0.15, 0.2) is 5.78 Å². The van der Waals surface area contributed by atoms with Gasteiger partial charge in [-0.15, -0.1) is 0 Å². The number of ketones is 1. The molecule has 7 heteroatoms. The van der Waals surface area contributed by atoms with E-state index in [9.17, 15) is 13.2 Å². The molecule has 1 atom stereocenters. The molecule has 0 aliphatic heterocycles. The van der Waals surface area contributed by atoms with E-state index in [1.807, 2.05) is 38.2 Å². The van der Waals surface area contributed by atoms with Crippen molar-refractivity contribution in [2.24, 2.45) is 12.2 Å². The average molecular weight is 335 g/mol. The Balaban J connectivity index is 2.09. The van der Waals surface area contributed by atoms with Crippen LogP contribution in [-0.2, 0) is 17.1 Å². The van der Waals surface area contributed by atoms with E-state index in [-0.39, 0.29) is 23.3 Å². The zero-order valence-corrected chi connectivity index (χ0v) is 14.2. The number of hydrogen-bond acceptors (Lipinski definition) is 4. The lowest BCUT2D eigenvalue weighted by atomic mass is 10.1. The number of hydrogen-bond donors (Lipinski definition) is 1. The number of carbonyl (C=O) groups is 1. The number of aryl methyl sites for hydroxylation is 1. The molecule has 0 bridgehead atoms. The molecule has 0 fully saturated rings. The molecular weight excluding hydrogens is 314 g/mol. The fourth-order valence-electron chi connectivity index (χ4n) is 2.39. The molecule has 1 aromatic heterocycles. The first-order chi connectivity index (χ1) is 10.7. The molecule has 1 aromatic carbocycles. The molecule has 6 nitrogen and oxygen atoms in total. The summed E-state index contributed by atoms with van der Waals surface area (Å²) in [6.45, 7) is 2.24. The number of Topliss-reactive ketones (excluding diaryl/α,β-unsaturated/α-hetero) is 1. The summed E-state index contributed by atoms with van der Waals surface area (Å²) >= 11 is 0. The van der Waals surface area contributed by atoms with Crippen LogP contribution in [0.25, 0.3) is 0 Å². The maximum Gasteiger partial charge on any atom is 0.238 e. The molecule has 0 saturated heterocycles. The Kier molecular flexibility index (Phi) is 5.03. The van der Waals surface area contributed by atoms with E-state index in [1.54, 1.807) is 22.8 Å². The van der Waals surface area contributed by atoms with Crippen LogP contribution in [0.2, 0.25) is 0 Å². The number of primary sulfonamides is 1. The lowest BCUT2D eigenvalue weighted by Gasteiger charge is -2.24. The van der Waals surface area contributed by atoms with Crippen LogP contribution in [0.3, 0.4) is 0 Å². The van der Waals surface area contributed by atoms with Crippen LogP contribution in [0.15, 0.2) is 47.5 Å². The standard InChI is InChI=1S/C16H21N3O3S/c1-12(13-6-8-14(9-7-13)23(17,21)22)19(3)11-16(20)15-5-4-10-18(15)2/h4-10,12H,11H2,1-3H3,(H2,17,21,22)/t12-/m1/s1. The van der Waals surface area contributed by atoms with Gasteiger partial charge < -0.3 is 4.57 Å². The Bertz CT molecular complexity index is 794. The van der Waals surface area contributed by atoms with Gasteiger partial charge in [0.25, 0.3) is 0 Å². The first-order valence-corrected chi connectivity index (χ1v) is 8.72. The second-order valence-corrected chi connectivity index (χ2v) is 7.19. The fourth-order valence-corrected chi connectivity index (χ4v) is 2.90. The first-order valence-electron chi connectivity index (χ1n) is 7.17. The fraction of sp³-hybridized carbons (Fsp3) is 0.312. The largest absolute Gasteiger partial charge is 0.348 e. The minimum Gasteiger partial charge on any atom is -0.348 e. The topological polar surface area (TPSA) is 85.4 Å². The number of sulfonamides is 1. The van der Waals surface area contributed by atoms with Crippen molar-refractivity contribution < 1.29 is 13.2 Å². The van der Waals surface area contributed by atoms with Gasteiger partial charge in [-0.25, -0.2) is 13.6 Å². The highest BCUT2D eigenvalue weighted by molar-refractivity contribution is 7.89. The summed E-state index contributed by atoms with van der Waals surface area (Å²) in [6, 6.07) is 9.99. The van der Waals surface area contributed by atoms with Crippen LogP contribution in [0.4, 0.5) is 0 Å². The van der Waals surface area contributed by atoms with Crippen molar-refractivity contribution >= 4 is 15.8 Å². The van der Waals surface area contributed by atoms with Gasteiger partial charge in [0.2, 0.25) is 10.0 Å². The minimum atomic E-state index is -3.69. The summed E-state index contributed by atoms with van der Waals surface area (Å²) in [7, 11) is 0.00677. The molecule has 2 rings (SSSR count). The predicted octanol–water partition coefficient (Wildman–Crippen LogP) is 1.55. The second kappa shape index (κ2) is 6.66. The second-order valence-electron chi connectivity index (χ2n) is 5.63. The third-order valence-electron chi connectivity index (χ3n) is 3.97. The van der Waals surface area contributed by atoms with Crippen LogP contribution in [0, 0.1) is 0 Å². The van der Waals surface area contributed by atoms with Gasteiger partial charge in [0, 0.05) is 19.3 Å². The van der Waals surface area contributed by atoms with Crippen molar-refractivity contribution in [1.29, 1.82) is 0 Å². The number of carbonyl (C=O) groups excluding carboxylic acids is 1. The number of likely N-dealkylation sites (N-methyl/N-ethyl adjacent to an activating group) is 1. The van der Waals surface area contributed by atoms with E-state index >= 15 is 0 Å². The highest BCUT2D eigenvalue weighted by Crippen LogP contribution is 2.20. The highest BCUT2D eigenvalue weighted by Gasteiger charge is 2.18. The molecular formula is C16H21N3O3S. The number of nitrogens with two attached hydrogens (primary N) is 1. The summed E-state index contributed by atoms with van der Waals surface area (Å²) in [5.41, 5.74) is 1.58. The molecule has 23 heavy (non-hydrogen) atoms. The minimum absolute atomic E-state index is 0.0336. The Morgan fingerprint density at radius 1 is 1.26 bits per heavy atom. The van der Waals surface area contributed by atoms with Crippen molar-refractivity contribution in [1.82, 2.24) is 9.47 Å². The number of nitrogens with zero attached hydrogens (tertiary/aromatic N) is 2. The first kappa shape index (κ1) is 17.4. The molecule has 0 amide bonds. The van der Waals surface area contributed by atoms with E-state index in [0.29, 0.717) is 5.69 Å². The molecule has 0 radical (unpaired) electrons. The molecule has 0 aliphatic rings. The Labute approximate surface area is 136 Å². The van der Waals surface area contributed by atoms with Gasteiger partial charge in [-0.3, -0.25) is 9.69 Å². The molecule has 2 aromatic rings. The Morgan fingerprint density at radius 3 is 2.35 bits per heavy atom. The third kappa shape index (κ3) is 4.07. The molecule has 0 unspecified atom stereocenters. The van der Waals surface area contributed by atoms with E-state index < -0.39 is 10.0 Å². The normalized spacial score (nSPS) is 13.3. The summed E-state index contributed by atoms with van der Waals surface area (Å²) < 4.78 is 24.3. The van der Waals surface area contributed by atoms with E-state index in [2.05, 4.69) is 0 Å². The van der Waals surface area contributed by atoms with Crippen molar-refractivity contribution in [3.05, 3.63) is 53.9 Å². The summed E-state index contributed by atoms with van der Waals surface area (Å²) in [4.78, 5) is 14.3. The summed E-state index contributed by atoms with van der Waals surface area (Å²) in [6.07, 6.45) is 1.84. The van der Waals surface area contributed by atoms with E-state index in [0.717, 1.165) is 5.56 Å². The molecule has 124 valence electrons. The lowest BCUT2D eigenvalue weighted by Crippen LogP contribution is -2.29. The van der Waals surface area contributed by atoms with Crippen molar-refractivity contribution in [3.63, 3.8) is 0 Å². The SMILES string of the molecule is C[C@H](c1ccc(S(N)(=O)=O)cc1)N(C)CC(=O)c1cccn1C. The maximum absolute atomic E-state index is 12.3. The van der Waals surface area contributed by atoms with E-state index in [1.165, 1.54) is 12.1 Å². The lowest BCUT2D eigenvalue weighted by molar-refractivity contribution is 0.0916. The molecule has 0 spiro atoms. The maximum atomic E-state index is 12.3. The van der Waals surface area contributed by atoms with Gasteiger partial charge >= 0.3 is 0 Å².